The molecule has 0 fully saturated rings. The first kappa shape index (κ1) is 21.2. The summed E-state index contributed by atoms with van der Waals surface area (Å²) in [5, 5.41) is 5.27. The number of rotatable bonds is 8. The second-order valence-electron chi connectivity index (χ2n) is 7.32. The standard InChI is InChI=1S/C26H25N3O3/c1-19-22(16-27-28-26(30)18-32-25-15-9-8-14-24(25)31-2)21-12-6-7-13-23(21)29(19)17-20-10-4-3-5-11-20/h3-16H,17-18H2,1-2H3,(H,28,30)/b27-16+. The predicted octanol–water partition coefficient (Wildman–Crippen LogP) is 4.54. The maximum atomic E-state index is 12.2. The summed E-state index contributed by atoms with van der Waals surface area (Å²) in [6.45, 7) is 2.67. The van der Waals surface area contributed by atoms with Gasteiger partial charge in [-0.1, -0.05) is 60.7 Å². The molecular weight excluding hydrogens is 402 g/mol. The number of para-hydroxylation sites is 3. The Morgan fingerprint density at radius 3 is 2.44 bits per heavy atom. The normalized spacial score (nSPS) is 11.1. The van der Waals surface area contributed by atoms with Crippen molar-refractivity contribution >= 4 is 23.0 Å². The van der Waals surface area contributed by atoms with Gasteiger partial charge in [0, 0.05) is 28.7 Å². The Balaban J connectivity index is 1.48. The number of hydrogen-bond acceptors (Lipinski definition) is 4. The molecule has 1 heterocycles. The van der Waals surface area contributed by atoms with Crippen LogP contribution in [0.2, 0.25) is 0 Å². The van der Waals surface area contributed by atoms with Gasteiger partial charge in [0.05, 0.1) is 13.3 Å². The van der Waals surface area contributed by atoms with Crippen molar-refractivity contribution in [2.75, 3.05) is 13.7 Å². The number of benzene rings is 3. The van der Waals surface area contributed by atoms with Crippen LogP contribution in [-0.2, 0) is 11.3 Å². The van der Waals surface area contributed by atoms with E-state index < -0.39 is 0 Å². The number of carbonyl (C=O) groups excluding carboxylic acids is 1. The van der Waals surface area contributed by atoms with E-state index in [9.17, 15) is 4.79 Å². The highest BCUT2D eigenvalue weighted by molar-refractivity contribution is 6.01. The summed E-state index contributed by atoms with van der Waals surface area (Å²) in [4.78, 5) is 12.2. The summed E-state index contributed by atoms with van der Waals surface area (Å²) in [7, 11) is 1.56. The van der Waals surface area contributed by atoms with Gasteiger partial charge in [-0.3, -0.25) is 4.79 Å². The van der Waals surface area contributed by atoms with Crippen molar-refractivity contribution in [2.24, 2.45) is 5.10 Å². The number of ether oxygens (including phenoxy) is 2. The maximum absolute atomic E-state index is 12.2. The number of nitrogens with one attached hydrogen (secondary N) is 1. The minimum absolute atomic E-state index is 0.160. The SMILES string of the molecule is COc1ccccc1OCC(=O)N/N=C/c1c(C)n(Cc2ccccc2)c2ccccc12. The zero-order valence-electron chi connectivity index (χ0n) is 18.1. The molecular formula is C26H25N3O3. The molecule has 0 radical (unpaired) electrons. The van der Waals surface area contributed by atoms with Gasteiger partial charge in [0.15, 0.2) is 18.1 Å². The molecule has 0 unspecified atom stereocenters. The minimum Gasteiger partial charge on any atom is -0.493 e. The predicted molar refractivity (Wildman–Crippen MR) is 126 cm³/mol. The van der Waals surface area contributed by atoms with Gasteiger partial charge in [-0.25, -0.2) is 5.43 Å². The topological polar surface area (TPSA) is 64.8 Å². The molecule has 0 aliphatic rings. The van der Waals surface area contributed by atoms with Crippen molar-refractivity contribution in [1.82, 2.24) is 9.99 Å². The molecule has 6 heteroatoms. The quantitative estimate of drug-likeness (QED) is 0.332. The number of nitrogens with zero attached hydrogens (tertiary/aromatic N) is 2. The van der Waals surface area contributed by atoms with Crippen molar-refractivity contribution in [2.45, 2.75) is 13.5 Å². The lowest BCUT2D eigenvalue weighted by molar-refractivity contribution is -0.123. The third kappa shape index (κ3) is 4.64. The van der Waals surface area contributed by atoms with Crippen LogP contribution in [-0.4, -0.2) is 30.4 Å². The number of aromatic nitrogens is 1. The molecule has 4 aromatic rings. The molecule has 0 bridgehead atoms. The first-order valence-electron chi connectivity index (χ1n) is 10.4. The summed E-state index contributed by atoms with van der Waals surface area (Å²) >= 11 is 0. The van der Waals surface area contributed by atoms with Gasteiger partial charge in [-0.05, 0) is 30.7 Å². The molecule has 0 aliphatic heterocycles. The first-order chi connectivity index (χ1) is 15.7. The van der Waals surface area contributed by atoms with Crippen LogP contribution in [0.1, 0.15) is 16.8 Å². The summed E-state index contributed by atoms with van der Waals surface area (Å²) in [5.41, 5.74) is 6.95. The van der Waals surface area contributed by atoms with Crippen LogP contribution >= 0.6 is 0 Å². The van der Waals surface area contributed by atoms with E-state index in [4.69, 9.17) is 9.47 Å². The van der Waals surface area contributed by atoms with Crippen molar-refractivity contribution < 1.29 is 14.3 Å². The van der Waals surface area contributed by atoms with Crippen LogP contribution < -0.4 is 14.9 Å². The Hall–Kier alpha value is -4.06. The van der Waals surface area contributed by atoms with E-state index in [1.54, 1.807) is 25.5 Å². The molecule has 0 aliphatic carbocycles. The highest BCUT2D eigenvalue weighted by Gasteiger charge is 2.13. The Kier molecular flexibility index (Phi) is 6.51. The van der Waals surface area contributed by atoms with E-state index in [-0.39, 0.29) is 12.5 Å². The van der Waals surface area contributed by atoms with E-state index >= 15 is 0 Å². The van der Waals surface area contributed by atoms with E-state index in [1.807, 2.05) is 42.5 Å². The molecule has 0 saturated carbocycles. The Morgan fingerprint density at radius 2 is 1.66 bits per heavy atom. The highest BCUT2D eigenvalue weighted by Crippen LogP contribution is 2.26. The van der Waals surface area contributed by atoms with Crippen LogP contribution in [0.4, 0.5) is 0 Å². The molecule has 1 N–H and O–H groups in total. The average molecular weight is 428 g/mol. The van der Waals surface area contributed by atoms with Gasteiger partial charge >= 0.3 is 0 Å². The lowest BCUT2D eigenvalue weighted by atomic mass is 10.1. The molecule has 1 amide bonds. The Bertz CT molecular complexity index is 1250. The van der Waals surface area contributed by atoms with E-state index in [0.29, 0.717) is 11.5 Å². The molecule has 162 valence electrons. The van der Waals surface area contributed by atoms with Gasteiger partial charge in [-0.2, -0.15) is 5.10 Å². The zero-order chi connectivity index (χ0) is 22.3. The van der Waals surface area contributed by atoms with Crippen LogP contribution in [0.25, 0.3) is 10.9 Å². The van der Waals surface area contributed by atoms with Crippen LogP contribution in [0.15, 0.2) is 84.0 Å². The van der Waals surface area contributed by atoms with E-state index in [1.165, 1.54) is 5.56 Å². The highest BCUT2D eigenvalue weighted by atomic mass is 16.5. The molecule has 1 aromatic heterocycles. The fourth-order valence-electron chi connectivity index (χ4n) is 3.67. The first-order valence-corrected chi connectivity index (χ1v) is 10.4. The fraction of sp³-hybridized carbons (Fsp3) is 0.154. The lowest BCUT2D eigenvalue weighted by Gasteiger charge is -2.09. The van der Waals surface area contributed by atoms with Gasteiger partial charge in [0.1, 0.15) is 0 Å². The molecule has 0 saturated heterocycles. The van der Waals surface area contributed by atoms with Crippen LogP contribution in [0, 0.1) is 6.92 Å². The molecule has 0 atom stereocenters. The smallest absolute Gasteiger partial charge is 0.277 e. The molecule has 32 heavy (non-hydrogen) atoms. The molecule has 6 nitrogen and oxygen atoms in total. The Labute approximate surface area is 187 Å². The number of amides is 1. The maximum Gasteiger partial charge on any atom is 0.277 e. The number of hydrogen-bond donors (Lipinski definition) is 1. The van der Waals surface area contributed by atoms with Gasteiger partial charge in [0.2, 0.25) is 0 Å². The number of hydrazone groups is 1. The second kappa shape index (κ2) is 9.83. The lowest BCUT2D eigenvalue weighted by Crippen LogP contribution is -2.24. The van der Waals surface area contributed by atoms with Crippen molar-refractivity contribution in [3.8, 4) is 11.5 Å². The molecule has 0 spiro atoms. The zero-order valence-corrected chi connectivity index (χ0v) is 18.1. The van der Waals surface area contributed by atoms with E-state index in [2.05, 4.69) is 46.3 Å². The number of methoxy groups -OCH3 is 1. The van der Waals surface area contributed by atoms with Crippen molar-refractivity contribution in [3.05, 3.63) is 95.7 Å². The monoisotopic (exact) mass is 427 g/mol. The third-order valence-electron chi connectivity index (χ3n) is 5.27. The molecule has 3 aromatic carbocycles. The third-order valence-corrected chi connectivity index (χ3v) is 5.27. The van der Waals surface area contributed by atoms with E-state index in [0.717, 1.165) is 28.7 Å². The van der Waals surface area contributed by atoms with Gasteiger partial charge < -0.3 is 14.0 Å². The average Bonchev–Trinajstić information content (AvgIpc) is 3.09. The molecule has 4 rings (SSSR count). The van der Waals surface area contributed by atoms with Crippen molar-refractivity contribution in [3.63, 3.8) is 0 Å². The van der Waals surface area contributed by atoms with Gasteiger partial charge in [-0.15, -0.1) is 0 Å². The Morgan fingerprint density at radius 1 is 0.969 bits per heavy atom. The second-order valence-corrected chi connectivity index (χ2v) is 7.32. The minimum atomic E-state index is -0.349. The summed E-state index contributed by atoms with van der Waals surface area (Å²) in [5.74, 6) is 0.734. The largest absolute Gasteiger partial charge is 0.493 e. The number of carbonyl (C=O) groups is 1. The fourth-order valence-corrected chi connectivity index (χ4v) is 3.67. The van der Waals surface area contributed by atoms with Crippen molar-refractivity contribution in [1.29, 1.82) is 0 Å². The van der Waals surface area contributed by atoms with Gasteiger partial charge in [0.25, 0.3) is 5.91 Å². The summed E-state index contributed by atoms with van der Waals surface area (Å²) < 4.78 is 13.0. The van der Waals surface area contributed by atoms with Crippen LogP contribution in [0.3, 0.4) is 0 Å². The summed E-state index contributed by atoms with van der Waals surface area (Å²) in [6, 6.07) is 25.7. The number of fused-ring (bicyclic) bond motifs is 1. The summed E-state index contributed by atoms with van der Waals surface area (Å²) in [6.07, 6.45) is 1.69. The van der Waals surface area contributed by atoms with Crippen LogP contribution in [0.5, 0.6) is 11.5 Å².